The molecular weight excluding hydrogens is 370 g/mol. The van der Waals surface area contributed by atoms with Crippen molar-refractivity contribution in [2.75, 3.05) is 18.6 Å². The Morgan fingerprint density at radius 3 is 2.92 bits per heavy atom. The van der Waals surface area contributed by atoms with Crippen LogP contribution in [0, 0.1) is 6.92 Å². The zero-order chi connectivity index (χ0) is 18.5. The van der Waals surface area contributed by atoms with Crippen LogP contribution in [0.3, 0.4) is 0 Å². The molecular formula is C17H19N5O2S2. The topological polar surface area (TPSA) is 102 Å². The molecule has 5 N–H and O–H groups in total. The summed E-state index contributed by atoms with van der Waals surface area (Å²) in [6.45, 7) is 1.89. The molecule has 0 aliphatic carbocycles. The lowest BCUT2D eigenvalue weighted by molar-refractivity contribution is 0.0982. The fourth-order valence-corrected chi connectivity index (χ4v) is 3.51. The standard InChI is InChI=1S/C17H19N5O2S2/c1-10-3-2-4-11(5-10)14-6-13-15(26-14)16(20-9-19-13)21-22-17(25)18-7-12(24)8-23/h2-6,9,12,23-24H,7-8H2,1H3,(H2,18,22,25)(H,19,20,21). The summed E-state index contributed by atoms with van der Waals surface area (Å²) in [4.78, 5) is 9.70. The largest absolute Gasteiger partial charge is 0.394 e. The monoisotopic (exact) mass is 389 g/mol. The summed E-state index contributed by atoms with van der Waals surface area (Å²) in [6.07, 6.45) is 0.625. The lowest BCUT2D eigenvalue weighted by Crippen LogP contribution is -2.42. The first-order valence-electron chi connectivity index (χ1n) is 7.97. The Hall–Kier alpha value is -2.33. The van der Waals surface area contributed by atoms with Crippen molar-refractivity contribution in [2.45, 2.75) is 13.0 Å². The second-order valence-electron chi connectivity index (χ2n) is 5.71. The van der Waals surface area contributed by atoms with E-state index in [9.17, 15) is 5.11 Å². The fraction of sp³-hybridized carbons (Fsp3) is 0.235. The van der Waals surface area contributed by atoms with Gasteiger partial charge in [0.15, 0.2) is 10.9 Å². The van der Waals surface area contributed by atoms with E-state index in [4.69, 9.17) is 17.3 Å². The maximum atomic E-state index is 9.32. The molecule has 136 valence electrons. The van der Waals surface area contributed by atoms with E-state index in [0.29, 0.717) is 10.9 Å². The normalized spacial score (nSPS) is 12.0. The quantitative estimate of drug-likeness (QED) is 0.321. The van der Waals surface area contributed by atoms with E-state index in [-0.39, 0.29) is 13.2 Å². The third-order valence-corrected chi connectivity index (χ3v) is 5.04. The number of rotatable bonds is 6. The van der Waals surface area contributed by atoms with Gasteiger partial charge >= 0.3 is 0 Å². The van der Waals surface area contributed by atoms with Crippen LogP contribution in [0.25, 0.3) is 20.7 Å². The maximum absolute atomic E-state index is 9.32. The minimum Gasteiger partial charge on any atom is -0.394 e. The van der Waals surface area contributed by atoms with Gasteiger partial charge in [0.25, 0.3) is 0 Å². The number of hydrazine groups is 1. The van der Waals surface area contributed by atoms with Gasteiger partial charge in [0.2, 0.25) is 0 Å². The van der Waals surface area contributed by atoms with Crippen molar-refractivity contribution in [1.29, 1.82) is 0 Å². The van der Waals surface area contributed by atoms with Crippen molar-refractivity contribution in [3.8, 4) is 10.4 Å². The first-order valence-corrected chi connectivity index (χ1v) is 9.19. The van der Waals surface area contributed by atoms with Crippen LogP contribution in [-0.2, 0) is 0 Å². The molecule has 0 bridgehead atoms. The van der Waals surface area contributed by atoms with Crippen LogP contribution in [0.2, 0.25) is 0 Å². The SMILES string of the molecule is Cc1cccc(-c2cc3ncnc(NNC(=S)NCC(O)CO)c3s2)c1. The maximum Gasteiger partial charge on any atom is 0.185 e. The molecule has 2 aromatic heterocycles. The zero-order valence-corrected chi connectivity index (χ0v) is 15.7. The van der Waals surface area contributed by atoms with E-state index in [2.05, 4.69) is 51.3 Å². The molecule has 0 radical (unpaired) electrons. The minimum absolute atomic E-state index is 0.152. The van der Waals surface area contributed by atoms with E-state index < -0.39 is 6.10 Å². The van der Waals surface area contributed by atoms with E-state index >= 15 is 0 Å². The highest BCUT2D eigenvalue weighted by atomic mass is 32.1. The zero-order valence-electron chi connectivity index (χ0n) is 14.1. The van der Waals surface area contributed by atoms with Crippen LogP contribution in [0.15, 0.2) is 36.7 Å². The molecule has 0 fully saturated rings. The molecule has 0 saturated heterocycles. The van der Waals surface area contributed by atoms with Crippen LogP contribution >= 0.6 is 23.6 Å². The van der Waals surface area contributed by atoms with Crippen LogP contribution in [-0.4, -0.2) is 44.5 Å². The number of nitrogens with zero attached hydrogens (tertiary/aromatic N) is 2. The van der Waals surface area contributed by atoms with E-state index in [1.807, 2.05) is 12.1 Å². The van der Waals surface area contributed by atoms with Crippen molar-refractivity contribution < 1.29 is 10.2 Å². The Kier molecular flexibility index (Phi) is 5.94. The lowest BCUT2D eigenvalue weighted by atomic mass is 10.1. The fourth-order valence-electron chi connectivity index (χ4n) is 2.32. The number of aryl methyl sites for hydroxylation is 1. The summed E-state index contributed by atoms with van der Waals surface area (Å²) >= 11 is 6.72. The average molecular weight is 390 g/mol. The van der Waals surface area contributed by atoms with Gasteiger partial charge in [-0.1, -0.05) is 29.8 Å². The van der Waals surface area contributed by atoms with Gasteiger partial charge in [-0.05, 0) is 30.8 Å². The Labute approximate surface area is 160 Å². The van der Waals surface area contributed by atoms with Crippen molar-refractivity contribution in [1.82, 2.24) is 20.7 Å². The Morgan fingerprint density at radius 2 is 2.15 bits per heavy atom. The van der Waals surface area contributed by atoms with Gasteiger partial charge in [0, 0.05) is 11.4 Å². The van der Waals surface area contributed by atoms with Crippen molar-refractivity contribution in [2.24, 2.45) is 0 Å². The minimum atomic E-state index is -0.866. The average Bonchev–Trinajstić information content (AvgIpc) is 3.09. The molecule has 26 heavy (non-hydrogen) atoms. The van der Waals surface area contributed by atoms with Crippen LogP contribution in [0.5, 0.6) is 0 Å². The number of fused-ring (bicyclic) bond motifs is 1. The van der Waals surface area contributed by atoms with Gasteiger partial charge in [-0.25, -0.2) is 9.97 Å². The second-order valence-corrected chi connectivity index (χ2v) is 7.17. The molecule has 1 atom stereocenters. The number of anilines is 1. The van der Waals surface area contributed by atoms with Crippen LogP contribution in [0.1, 0.15) is 5.56 Å². The smallest absolute Gasteiger partial charge is 0.185 e. The third kappa shape index (κ3) is 4.44. The molecule has 0 amide bonds. The Morgan fingerprint density at radius 1 is 1.31 bits per heavy atom. The molecule has 9 heteroatoms. The van der Waals surface area contributed by atoms with Gasteiger partial charge in [0.05, 0.1) is 22.9 Å². The van der Waals surface area contributed by atoms with Crippen molar-refractivity contribution in [3.63, 3.8) is 0 Å². The van der Waals surface area contributed by atoms with Crippen molar-refractivity contribution >= 4 is 44.7 Å². The predicted molar refractivity (Wildman–Crippen MR) is 108 cm³/mol. The molecule has 1 unspecified atom stereocenters. The van der Waals surface area contributed by atoms with Gasteiger partial charge < -0.3 is 15.5 Å². The molecule has 7 nitrogen and oxygen atoms in total. The molecule has 0 spiro atoms. The summed E-state index contributed by atoms with van der Waals surface area (Å²) in [6, 6.07) is 10.3. The number of aliphatic hydroxyl groups is 2. The summed E-state index contributed by atoms with van der Waals surface area (Å²) in [5.74, 6) is 0.616. The second kappa shape index (κ2) is 8.37. The highest BCUT2D eigenvalue weighted by Crippen LogP contribution is 2.35. The molecule has 3 rings (SSSR count). The third-order valence-electron chi connectivity index (χ3n) is 3.62. The van der Waals surface area contributed by atoms with Gasteiger partial charge in [-0.3, -0.25) is 10.9 Å². The van der Waals surface area contributed by atoms with Gasteiger partial charge in [0.1, 0.15) is 6.33 Å². The molecule has 1 aromatic carbocycles. The van der Waals surface area contributed by atoms with Gasteiger partial charge in [-0.2, -0.15) is 0 Å². The summed E-state index contributed by atoms with van der Waals surface area (Å²) in [5, 5.41) is 21.2. The van der Waals surface area contributed by atoms with Crippen LogP contribution < -0.4 is 16.2 Å². The number of hydrogen-bond acceptors (Lipinski definition) is 7. The highest BCUT2D eigenvalue weighted by Gasteiger charge is 2.11. The lowest BCUT2D eigenvalue weighted by Gasteiger charge is -2.13. The number of thiocarbonyl (C=S) groups is 1. The number of nitrogens with one attached hydrogen (secondary N) is 3. The number of hydrogen-bond donors (Lipinski definition) is 5. The summed E-state index contributed by atoms with van der Waals surface area (Å²) in [7, 11) is 0. The van der Waals surface area contributed by atoms with E-state index in [1.54, 1.807) is 11.3 Å². The first kappa shape index (κ1) is 18.5. The number of benzene rings is 1. The van der Waals surface area contributed by atoms with Gasteiger partial charge in [-0.15, -0.1) is 11.3 Å². The number of aliphatic hydroxyl groups excluding tert-OH is 2. The Bertz CT molecular complexity index is 915. The summed E-state index contributed by atoms with van der Waals surface area (Å²) in [5.41, 5.74) is 8.98. The predicted octanol–water partition coefficient (Wildman–Crippen LogP) is 1.81. The molecule has 3 aromatic rings. The molecule has 0 saturated carbocycles. The first-order chi connectivity index (χ1) is 12.6. The number of thiophene rings is 1. The number of aromatic nitrogens is 2. The molecule has 2 heterocycles. The van der Waals surface area contributed by atoms with E-state index in [0.717, 1.165) is 20.7 Å². The molecule has 0 aliphatic heterocycles. The van der Waals surface area contributed by atoms with Crippen molar-refractivity contribution in [3.05, 3.63) is 42.2 Å². The highest BCUT2D eigenvalue weighted by molar-refractivity contribution is 7.80. The van der Waals surface area contributed by atoms with Crippen LogP contribution in [0.4, 0.5) is 5.82 Å². The Balaban J connectivity index is 1.74. The van der Waals surface area contributed by atoms with E-state index in [1.165, 1.54) is 11.9 Å². The summed E-state index contributed by atoms with van der Waals surface area (Å²) < 4.78 is 0.912. The molecule has 0 aliphatic rings.